The highest BCUT2D eigenvalue weighted by molar-refractivity contribution is 7.60. The second-order valence-electron chi connectivity index (χ2n) is 7.70. The molecular formula is C19H42O7P2. The molecule has 0 saturated heterocycles. The molecule has 0 aliphatic rings. The van der Waals surface area contributed by atoms with E-state index in [9.17, 15) is 14.0 Å². The van der Waals surface area contributed by atoms with Gasteiger partial charge in [0.05, 0.1) is 5.60 Å². The zero-order valence-corrected chi connectivity index (χ0v) is 19.8. The normalized spacial score (nSPS) is 14.9. The second-order valence-corrected chi connectivity index (χ2v) is 10.5. The average molecular weight is 444 g/mol. The molecule has 0 spiro atoms. The SMILES string of the molecule is CCCCCCCCC(CC)(CCCCCCCC)OP(=O)(O)OP(=O)(O)O. The summed E-state index contributed by atoms with van der Waals surface area (Å²) in [7, 11) is -9.96. The van der Waals surface area contributed by atoms with Crippen LogP contribution in [0.2, 0.25) is 0 Å². The Morgan fingerprint density at radius 1 is 0.679 bits per heavy atom. The van der Waals surface area contributed by atoms with Crippen LogP contribution in [-0.2, 0) is 18.0 Å². The lowest BCUT2D eigenvalue weighted by Crippen LogP contribution is -2.31. The van der Waals surface area contributed by atoms with E-state index < -0.39 is 21.2 Å². The Hall–Kier alpha value is 0.260. The van der Waals surface area contributed by atoms with Gasteiger partial charge in [0.1, 0.15) is 0 Å². The molecule has 0 aliphatic carbocycles. The molecule has 1 unspecified atom stereocenters. The molecule has 0 aromatic carbocycles. The summed E-state index contributed by atoms with van der Waals surface area (Å²) in [6.45, 7) is 6.21. The van der Waals surface area contributed by atoms with Crippen LogP contribution in [0.3, 0.4) is 0 Å². The molecule has 0 saturated carbocycles. The first-order chi connectivity index (χ1) is 13.1. The predicted molar refractivity (Wildman–Crippen MR) is 113 cm³/mol. The number of hydrogen-bond donors (Lipinski definition) is 3. The topological polar surface area (TPSA) is 113 Å². The third-order valence-corrected chi connectivity index (χ3v) is 7.43. The highest BCUT2D eigenvalue weighted by Gasteiger charge is 2.41. The lowest BCUT2D eigenvalue weighted by Gasteiger charge is -2.34. The van der Waals surface area contributed by atoms with Crippen molar-refractivity contribution in [1.82, 2.24) is 0 Å². The fraction of sp³-hybridized carbons (Fsp3) is 1.00. The monoisotopic (exact) mass is 444 g/mol. The zero-order valence-electron chi connectivity index (χ0n) is 18.0. The van der Waals surface area contributed by atoms with E-state index in [1.54, 1.807) is 0 Å². The minimum Gasteiger partial charge on any atom is -0.302 e. The van der Waals surface area contributed by atoms with Crippen molar-refractivity contribution in [3.8, 4) is 0 Å². The van der Waals surface area contributed by atoms with E-state index in [1.807, 2.05) is 6.92 Å². The van der Waals surface area contributed by atoms with Crippen LogP contribution in [0.15, 0.2) is 0 Å². The van der Waals surface area contributed by atoms with Crippen LogP contribution < -0.4 is 0 Å². The third kappa shape index (κ3) is 15.1. The van der Waals surface area contributed by atoms with Gasteiger partial charge in [0.2, 0.25) is 0 Å². The molecule has 1 atom stereocenters. The first-order valence-electron chi connectivity index (χ1n) is 10.9. The van der Waals surface area contributed by atoms with Crippen molar-refractivity contribution in [3.63, 3.8) is 0 Å². The lowest BCUT2D eigenvalue weighted by atomic mass is 9.87. The number of hydrogen-bond acceptors (Lipinski definition) is 4. The molecule has 0 bridgehead atoms. The van der Waals surface area contributed by atoms with E-state index in [2.05, 4.69) is 18.2 Å². The number of unbranched alkanes of at least 4 members (excludes halogenated alkanes) is 10. The fourth-order valence-corrected chi connectivity index (χ4v) is 5.49. The van der Waals surface area contributed by atoms with Crippen molar-refractivity contribution in [2.45, 2.75) is 123 Å². The molecule has 0 heterocycles. The summed E-state index contributed by atoms with van der Waals surface area (Å²) < 4.78 is 32.6. The maximum Gasteiger partial charge on any atom is 0.481 e. The molecule has 170 valence electrons. The largest absolute Gasteiger partial charge is 0.481 e. The van der Waals surface area contributed by atoms with Crippen molar-refractivity contribution in [3.05, 3.63) is 0 Å². The van der Waals surface area contributed by atoms with Gasteiger partial charge >= 0.3 is 15.6 Å². The Balaban J connectivity index is 4.84. The molecule has 9 heteroatoms. The van der Waals surface area contributed by atoms with Crippen LogP contribution in [0.1, 0.15) is 117 Å². The van der Waals surface area contributed by atoms with Gasteiger partial charge in [-0.3, -0.25) is 4.52 Å². The van der Waals surface area contributed by atoms with Crippen LogP contribution in [0.5, 0.6) is 0 Å². The van der Waals surface area contributed by atoms with Crippen LogP contribution >= 0.6 is 15.6 Å². The minimum absolute atomic E-state index is 0.492. The summed E-state index contributed by atoms with van der Waals surface area (Å²) in [4.78, 5) is 27.7. The van der Waals surface area contributed by atoms with Gasteiger partial charge in [-0.15, -0.1) is 0 Å². The van der Waals surface area contributed by atoms with Gasteiger partial charge in [0.25, 0.3) is 0 Å². The molecule has 0 rings (SSSR count). The maximum atomic E-state index is 12.2. The van der Waals surface area contributed by atoms with Gasteiger partial charge < -0.3 is 14.7 Å². The van der Waals surface area contributed by atoms with Crippen molar-refractivity contribution >= 4 is 15.6 Å². The van der Waals surface area contributed by atoms with Crippen LogP contribution in [0.25, 0.3) is 0 Å². The number of rotatable bonds is 19. The molecule has 0 radical (unpaired) electrons. The summed E-state index contributed by atoms with van der Waals surface area (Å²) >= 11 is 0. The molecule has 7 nitrogen and oxygen atoms in total. The molecular weight excluding hydrogens is 402 g/mol. The molecule has 0 aromatic rings. The Kier molecular flexibility index (Phi) is 15.3. The maximum absolute atomic E-state index is 12.2. The Morgan fingerprint density at radius 2 is 1.07 bits per heavy atom. The quantitative estimate of drug-likeness (QED) is 0.147. The summed E-state index contributed by atoms with van der Waals surface area (Å²) in [5, 5.41) is 0. The van der Waals surface area contributed by atoms with E-state index in [4.69, 9.17) is 14.3 Å². The molecule has 28 heavy (non-hydrogen) atoms. The van der Waals surface area contributed by atoms with Gasteiger partial charge in [0.15, 0.2) is 0 Å². The smallest absolute Gasteiger partial charge is 0.302 e. The standard InChI is InChI=1S/C19H42O7P2/c1-4-7-9-11-13-15-17-19(6-3,18-16-14-12-10-8-5-2)25-28(23,24)26-27(20,21)22/h4-18H2,1-3H3,(H,23,24)(H2,20,21,22). The summed E-state index contributed by atoms with van der Waals surface area (Å²) in [5.41, 5.74) is -0.894. The van der Waals surface area contributed by atoms with E-state index in [0.717, 1.165) is 38.5 Å². The Labute approximate surface area is 171 Å². The van der Waals surface area contributed by atoms with Crippen molar-refractivity contribution in [2.24, 2.45) is 0 Å². The lowest BCUT2D eigenvalue weighted by molar-refractivity contribution is 0.0112. The van der Waals surface area contributed by atoms with E-state index in [0.29, 0.717) is 19.3 Å². The van der Waals surface area contributed by atoms with Crippen LogP contribution in [0.4, 0.5) is 0 Å². The number of phosphoric ester groups is 1. The Bertz CT molecular complexity index is 463. The fourth-order valence-electron chi connectivity index (χ4n) is 3.49. The van der Waals surface area contributed by atoms with Gasteiger partial charge in [-0.1, -0.05) is 97.8 Å². The molecule has 0 aromatic heterocycles. The minimum atomic E-state index is -5.11. The van der Waals surface area contributed by atoms with Crippen LogP contribution in [0, 0.1) is 0 Å². The van der Waals surface area contributed by atoms with Gasteiger partial charge in [-0.2, -0.15) is 4.31 Å². The van der Waals surface area contributed by atoms with Crippen LogP contribution in [-0.4, -0.2) is 20.3 Å². The second kappa shape index (κ2) is 15.1. The number of phosphoric acid groups is 2. The summed E-state index contributed by atoms with van der Waals surface area (Å²) in [6, 6.07) is 0. The first-order valence-corrected chi connectivity index (χ1v) is 13.9. The predicted octanol–water partition coefficient (Wildman–Crippen LogP) is 6.86. The highest BCUT2D eigenvalue weighted by atomic mass is 31.3. The molecule has 0 amide bonds. The molecule has 0 fully saturated rings. The molecule has 3 N–H and O–H groups in total. The third-order valence-electron chi connectivity index (χ3n) is 5.13. The van der Waals surface area contributed by atoms with E-state index in [-0.39, 0.29) is 0 Å². The van der Waals surface area contributed by atoms with Gasteiger partial charge in [0, 0.05) is 0 Å². The molecule has 0 aliphatic heterocycles. The average Bonchev–Trinajstić information content (AvgIpc) is 2.58. The van der Waals surface area contributed by atoms with Crippen molar-refractivity contribution in [2.75, 3.05) is 0 Å². The summed E-state index contributed by atoms with van der Waals surface area (Å²) in [5.74, 6) is 0. The van der Waals surface area contributed by atoms with Crippen molar-refractivity contribution < 1.29 is 32.6 Å². The summed E-state index contributed by atoms with van der Waals surface area (Å²) in [6.07, 6.45) is 14.7. The van der Waals surface area contributed by atoms with Gasteiger partial charge in [-0.25, -0.2) is 9.13 Å². The first kappa shape index (κ1) is 28.3. The van der Waals surface area contributed by atoms with E-state index in [1.165, 1.54) is 38.5 Å². The van der Waals surface area contributed by atoms with Gasteiger partial charge in [-0.05, 0) is 19.3 Å². The Morgan fingerprint density at radius 3 is 1.43 bits per heavy atom. The van der Waals surface area contributed by atoms with Crippen molar-refractivity contribution in [1.29, 1.82) is 0 Å². The van der Waals surface area contributed by atoms with E-state index >= 15 is 0 Å². The zero-order chi connectivity index (χ0) is 21.5. The highest BCUT2D eigenvalue weighted by Crippen LogP contribution is 2.60.